The van der Waals surface area contributed by atoms with E-state index in [1.807, 2.05) is 0 Å². The summed E-state index contributed by atoms with van der Waals surface area (Å²) >= 11 is 1.26. The Labute approximate surface area is 124 Å². The fourth-order valence-electron chi connectivity index (χ4n) is 2.74. The molecule has 4 heteroatoms. The van der Waals surface area contributed by atoms with E-state index in [1.54, 1.807) is 18.2 Å². The predicted octanol–water partition coefficient (Wildman–Crippen LogP) is 3.86. The largest absolute Gasteiger partial charge is 0.352 e. The number of hydrogen-bond acceptors (Lipinski definition) is 2. The van der Waals surface area contributed by atoms with Gasteiger partial charge in [0, 0.05) is 10.9 Å². The molecule has 110 valence electrons. The quantitative estimate of drug-likeness (QED) is 0.855. The fourth-order valence-corrected chi connectivity index (χ4v) is 3.49. The van der Waals surface area contributed by atoms with Gasteiger partial charge in [0.15, 0.2) is 0 Å². The highest BCUT2D eigenvalue weighted by Crippen LogP contribution is 2.29. The van der Waals surface area contributed by atoms with Crippen LogP contribution in [0.2, 0.25) is 0 Å². The van der Waals surface area contributed by atoms with Gasteiger partial charge in [-0.25, -0.2) is 4.39 Å². The van der Waals surface area contributed by atoms with Gasteiger partial charge in [-0.15, -0.1) is 11.8 Å². The minimum Gasteiger partial charge on any atom is -0.352 e. The predicted molar refractivity (Wildman–Crippen MR) is 81.2 cm³/mol. The maximum atomic E-state index is 13.5. The monoisotopic (exact) mass is 295 g/mol. The van der Waals surface area contributed by atoms with E-state index in [0.717, 1.165) is 6.42 Å². The molecule has 1 fully saturated rings. The third-order valence-corrected chi connectivity index (χ3v) is 5.30. The molecule has 1 N–H and O–H groups in total. The van der Waals surface area contributed by atoms with Gasteiger partial charge in [-0.05, 0) is 30.4 Å². The molecule has 0 spiro atoms. The summed E-state index contributed by atoms with van der Waals surface area (Å²) < 4.78 is 13.5. The van der Waals surface area contributed by atoms with E-state index in [4.69, 9.17) is 0 Å². The molecule has 1 amide bonds. The summed E-state index contributed by atoms with van der Waals surface area (Å²) in [5.74, 6) is 1.20. The smallest absolute Gasteiger partial charge is 0.230 e. The number of rotatable bonds is 4. The lowest BCUT2D eigenvalue weighted by Crippen LogP contribution is -2.44. The van der Waals surface area contributed by atoms with Crippen LogP contribution < -0.4 is 5.32 Å². The first kappa shape index (κ1) is 15.4. The van der Waals surface area contributed by atoms with Gasteiger partial charge in [0.25, 0.3) is 0 Å². The van der Waals surface area contributed by atoms with Crippen LogP contribution in [0, 0.1) is 17.7 Å². The minimum atomic E-state index is -0.259. The van der Waals surface area contributed by atoms with Crippen molar-refractivity contribution in [3.63, 3.8) is 0 Å². The van der Waals surface area contributed by atoms with E-state index in [-0.39, 0.29) is 23.5 Å². The molecule has 1 saturated carbocycles. The van der Waals surface area contributed by atoms with Crippen LogP contribution in [0.15, 0.2) is 29.2 Å². The molecule has 0 aromatic heterocycles. The molecule has 0 saturated heterocycles. The standard InChI is InChI=1S/C16H22FNOS/c1-11-6-5-8-14(12(11)2)18-16(19)10-20-15-9-4-3-7-13(15)17/h3-4,7,9,11-12,14H,5-6,8,10H2,1-2H3,(H,18,19)/t11-,12+,14-/m0/s1. The van der Waals surface area contributed by atoms with Crippen molar-refractivity contribution < 1.29 is 9.18 Å². The first-order valence-electron chi connectivity index (χ1n) is 7.24. The molecule has 0 bridgehead atoms. The summed E-state index contributed by atoms with van der Waals surface area (Å²) in [6.07, 6.45) is 3.48. The fraction of sp³-hybridized carbons (Fsp3) is 0.562. The third-order valence-electron chi connectivity index (χ3n) is 4.25. The zero-order valence-corrected chi connectivity index (χ0v) is 12.9. The Morgan fingerprint density at radius 1 is 1.35 bits per heavy atom. The first-order chi connectivity index (χ1) is 9.58. The summed E-state index contributed by atoms with van der Waals surface area (Å²) in [5, 5.41) is 3.11. The molecular weight excluding hydrogens is 273 g/mol. The van der Waals surface area contributed by atoms with Gasteiger partial charge in [0.1, 0.15) is 5.82 Å². The lowest BCUT2D eigenvalue weighted by molar-refractivity contribution is -0.119. The first-order valence-corrected chi connectivity index (χ1v) is 8.23. The number of amides is 1. The molecule has 0 radical (unpaired) electrons. The van der Waals surface area contributed by atoms with Crippen molar-refractivity contribution in [2.45, 2.75) is 44.0 Å². The average Bonchev–Trinajstić information content (AvgIpc) is 2.43. The van der Waals surface area contributed by atoms with Gasteiger partial charge in [-0.2, -0.15) is 0 Å². The molecule has 2 rings (SSSR count). The highest BCUT2D eigenvalue weighted by molar-refractivity contribution is 8.00. The van der Waals surface area contributed by atoms with Gasteiger partial charge >= 0.3 is 0 Å². The molecule has 0 unspecified atom stereocenters. The number of hydrogen-bond donors (Lipinski definition) is 1. The summed E-state index contributed by atoms with van der Waals surface area (Å²) in [4.78, 5) is 12.5. The molecule has 1 aromatic rings. The highest BCUT2D eigenvalue weighted by Gasteiger charge is 2.27. The number of halogens is 1. The van der Waals surface area contributed by atoms with Gasteiger partial charge in [-0.3, -0.25) is 4.79 Å². The molecular formula is C16H22FNOS. The highest BCUT2D eigenvalue weighted by atomic mass is 32.2. The topological polar surface area (TPSA) is 29.1 Å². The second kappa shape index (κ2) is 7.11. The zero-order valence-electron chi connectivity index (χ0n) is 12.1. The summed E-state index contributed by atoms with van der Waals surface area (Å²) in [5.41, 5.74) is 0. The van der Waals surface area contributed by atoms with Crippen LogP contribution >= 0.6 is 11.8 Å². The van der Waals surface area contributed by atoms with E-state index in [9.17, 15) is 9.18 Å². The van der Waals surface area contributed by atoms with Crippen molar-refractivity contribution in [1.29, 1.82) is 0 Å². The molecule has 3 atom stereocenters. The number of carbonyl (C=O) groups excluding carboxylic acids is 1. The lowest BCUT2D eigenvalue weighted by atomic mass is 9.78. The second-order valence-corrected chi connectivity index (χ2v) is 6.68. The van der Waals surface area contributed by atoms with Crippen LogP contribution in [0.25, 0.3) is 0 Å². The summed E-state index contributed by atoms with van der Waals surface area (Å²) in [6, 6.07) is 6.84. The van der Waals surface area contributed by atoms with Gasteiger partial charge in [-0.1, -0.05) is 38.8 Å². The number of carbonyl (C=O) groups is 1. The van der Waals surface area contributed by atoms with E-state index < -0.39 is 0 Å². The molecule has 1 aliphatic rings. The molecule has 0 heterocycles. The lowest BCUT2D eigenvalue weighted by Gasteiger charge is -2.34. The van der Waals surface area contributed by atoms with E-state index in [2.05, 4.69) is 19.2 Å². The van der Waals surface area contributed by atoms with Crippen LogP contribution in [-0.4, -0.2) is 17.7 Å². The Bertz CT molecular complexity index is 466. The summed E-state index contributed by atoms with van der Waals surface area (Å²) in [6.45, 7) is 4.45. The SMILES string of the molecule is C[C@H]1[C@@H](NC(=O)CSc2ccccc2F)CCC[C@@H]1C. The van der Waals surface area contributed by atoms with Crippen molar-refractivity contribution in [3.05, 3.63) is 30.1 Å². The van der Waals surface area contributed by atoms with E-state index in [0.29, 0.717) is 16.7 Å². The minimum absolute atomic E-state index is 0.00389. The van der Waals surface area contributed by atoms with Crippen LogP contribution in [0.3, 0.4) is 0 Å². The number of benzene rings is 1. The Morgan fingerprint density at radius 3 is 2.85 bits per heavy atom. The van der Waals surface area contributed by atoms with Crippen LogP contribution in [0.4, 0.5) is 4.39 Å². The molecule has 2 nitrogen and oxygen atoms in total. The van der Waals surface area contributed by atoms with Gasteiger partial charge in [0.2, 0.25) is 5.91 Å². The Hall–Kier alpha value is -1.03. The van der Waals surface area contributed by atoms with Crippen molar-refractivity contribution in [1.82, 2.24) is 5.32 Å². The second-order valence-electron chi connectivity index (χ2n) is 5.66. The molecule has 20 heavy (non-hydrogen) atoms. The molecule has 0 aliphatic heterocycles. The van der Waals surface area contributed by atoms with Crippen LogP contribution in [-0.2, 0) is 4.79 Å². The Morgan fingerprint density at radius 2 is 2.10 bits per heavy atom. The van der Waals surface area contributed by atoms with Gasteiger partial charge < -0.3 is 5.32 Å². The number of thioether (sulfide) groups is 1. The van der Waals surface area contributed by atoms with Crippen LogP contribution in [0.5, 0.6) is 0 Å². The van der Waals surface area contributed by atoms with Crippen molar-refractivity contribution in [2.75, 3.05) is 5.75 Å². The zero-order chi connectivity index (χ0) is 14.5. The summed E-state index contributed by atoms with van der Waals surface area (Å²) in [7, 11) is 0. The normalized spacial score (nSPS) is 26.2. The molecule has 1 aromatic carbocycles. The van der Waals surface area contributed by atoms with E-state index >= 15 is 0 Å². The number of nitrogens with one attached hydrogen (secondary N) is 1. The average molecular weight is 295 g/mol. The Kier molecular flexibility index (Phi) is 5.46. The molecule has 1 aliphatic carbocycles. The van der Waals surface area contributed by atoms with Crippen LogP contribution in [0.1, 0.15) is 33.1 Å². The maximum Gasteiger partial charge on any atom is 0.230 e. The maximum absolute atomic E-state index is 13.5. The van der Waals surface area contributed by atoms with Gasteiger partial charge in [0.05, 0.1) is 5.75 Å². The van der Waals surface area contributed by atoms with Crippen molar-refractivity contribution in [2.24, 2.45) is 11.8 Å². The van der Waals surface area contributed by atoms with E-state index in [1.165, 1.54) is 30.7 Å². The van der Waals surface area contributed by atoms with Crippen molar-refractivity contribution >= 4 is 17.7 Å². The van der Waals surface area contributed by atoms with Crippen molar-refractivity contribution in [3.8, 4) is 0 Å². The Balaban J connectivity index is 1.82. The third kappa shape index (κ3) is 3.98.